The van der Waals surface area contributed by atoms with E-state index in [1.807, 2.05) is 66.7 Å². The minimum atomic E-state index is -0.0180. The summed E-state index contributed by atoms with van der Waals surface area (Å²) >= 11 is 7.35. The van der Waals surface area contributed by atoms with Gasteiger partial charge in [0.25, 0.3) is 0 Å². The maximum absolute atomic E-state index is 12.4. The number of hydrogen-bond acceptors (Lipinski definition) is 5. The fourth-order valence-electron chi connectivity index (χ4n) is 3.12. The van der Waals surface area contributed by atoms with Gasteiger partial charge in [-0.1, -0.05) is 41.9 Å². The molecule has 0 fully saturated rings. The van der Waals surface area contributed by atoms with Crippen LogP contribution in [0.25, 0.3) is 0 Å². The van der Waals surface area contributed by atoms with Crippen molar-refractivity contribution in [1.29, 1.82) is 0 Å². The number of amides is 1. The van der Waals surface area contributed by atoms with Gasteiger partial charge in [-0.25, -0.2) is 9.98 Å². The summed E-state index contributed by atoms with van der Waals surface area (Å²) in [6.07, 6.45) is 3.06. The zero-order valence-electron chi connectivity index (χ0n) is 16.8. The van der Waals surface area contributed by atoms with Crippen molar-refractivity contribution >= 4 is 51.4 Å². The maximum atomic E-state index is 12.4. The molecule has 1 aliphatic rings. The standard InChI is InChI=1S/C24H21ClN4OS/c25-18-10-8-17(9-11-18)12-14-27-23(30)16-31-24-15-22(19-5-3-4-13-26-19)28-20-6-1-2-7-21(20)29-24/h1-11,13H,12,14-16H2,(H,27,30). The van der Waals surface area contributed by atoms with Crippen molar-refractivity contribution in [2.75, 3.05) is 12.3 Å². The average molecular weight is 449 g/mol. The molecule has 3 aromatic rings. The van der Waals surface area contributed by atoms with E-state index in [1.54, 1.807) is 6.20 Å². The van der Waals surface area contributed by atoms with Crippen molar-refractivity contribution in [1.82, 2.24) is 10.3 Å². The molecule has 2 aromatic carbocycles. The number of halogens is 1. The van der Waals surface area contributed by atoms with Crippen molar-refractivity contribution in [2.24, 2.45) is 9.98 Å². The Morgan fingerprint density at radius 1 is 0.968 bits per heavy atom. The van der Waals surface area contributed by atoms with Crippen molar-refractivity contribution < 1.29 is 4.79 Å². The molecule has 0 unspecified atom stereocenters. The van der Waals surface area contributed by atoms with Gasteiger partial charge in [0.2, 0.25) is 5.91 Å². The van der Waals surface area contributed by atoms with E-state index >= 15 is 0 Å². The number of rotatable bonds is 6. The Bertz CT molecular complexity index is 1110. The van der Waals surface area contributed by atoms with E-state index in [9.17, 15) is 4.79 Å². The van der Waals surface area contributed by atoms with Crippen LogP contribution in [-0.4, -0.2) is 33.9 Å². The third kappa shape index (κ3) is 6.03. The topological polar surface area (TPSA) is 66.7 Å². The van der Waals surface area contributed by atoms with Crippen LogP contribution in [0.15, 0.2) is 82.9 Å². The van der Waals surface area contributed by atoms with Crippen LogP contribution in [0.2, 0.25) is 5.02 Å². The van der Waals surface area contributed by atoms with E-state index in [-0.39, 0.29) is 5.91 Å². The summed E-state index contributed by atoms with van der Waals surface area (Å²) < 4.78 is 0. The third-order valence-corrected chi connectivity index (χ3v) is 5.91. The Hall–Kier alpha value is -2.96. The lowest BCUT2D eigenvalue weighted by Gasteiger charge is -2.08. The number of thioether (sulfide) groups is 1. The first kappa shape index (κ1) is 21.3. The zero-order valence-corrected chi connectivity index (χ0v) is 18.4. The Labute approximate surface area is 190 Å². The predicted molar refractivity (Wildman–Crippen MR) is 129 cm³/mol. The van der Waals surface area contributed by atoms with Gasteiger partial charge in [0.15, 0.2) is 0 Å². The van der Waals surface area contributed by atoms with Crippen molar-refractivity contribution in [2.45, 2.75) is 12.8 Å². The van der Waals surface area contributed by atoms with E-state index in [1.165, 1.54) is 11.8 Å². The molecule has 156 valence electrons. The number of aromatic nitrogens is 1. The predicted octanol–water partition coefficient (Wildman–Crippen LogP) is 5.38. The van der Waals surface area contributed by atoms with Gasteiger partial charge in [0.05, 0.1) is 33.6 Å². The SMILES string of the molecule is O=C(CSC1=Nc2ccccc2N=C(c2ccccn2)C1)NCCc1ccc(Cl)cc1. The van der Waals surface area contributed by atoms with Crippen LogP contribution >= 0.6 is 23.4 Å². The molecular weight excluding hydrogens is 428 g/mol. The molecule has 0 spiro atoms. The number of fused-ring (bicyclic) bond motifs is 1. The van der Waals surface area contributed by atoms with Crippen LogP contribution < -0.4 is 5.32 Å². The molecule has 0 radical (unpaired) electrons. The summed E-state index contributed by atoms with van der Waals surface area (Å²) in [5.41, 5.74) is 4.42. The second-order valence-electron chi connectivity index (χ2n) is 6.96. The molecule has 0 atom stereocenters. The Balaban J connectivity index is 1.38. The van der Waals surface area contributed by atoms with Gasteiger partial charge in [0.1, 0.15) is 0 Å². The minimum absolute atomic E-state index is 0.0180. The Morgan fingerprint density at radius 3 is 2.45 bits per heavy atom. The molecule has 2 heterocycles. The van der Waals surface area contributed by atoms with E-state index in [0.29, 0.717) is 23.7 Å². The van der Waals surface area contributed by atoms with E-state index in [2.05, 4.69) is 10.3 Å². The molecule has 7 heteroatoms. The Kier molecular flexibility index (Phi) is 7.12. The molecule has 1 N–H and O–H groups in total. The number of carbonyl (C=O) groups is 1. The van der Waals surface area contributed by atoms with Crippen LogP contribution in [0, 0.1) is 0 Å². The monoisotopic (exact) mass is 448 g/mol. The fourth-order valence-corrected chi connectivity index (χ4v) is 4.04. The fraction of sp³-hybridized carbons (Fsp3) is 0.167. The molecule has 1 aromatic heterocycles. The molecule has 5 nitrogen and oxygen atoms in total. The number of pyridine rings is 1. The minimum Gasteiger partial charge on any atom is -0.355 e. The first-order valence-electron chi connectivity index (χ1n) is 9.97. The van der Waals surface area contributed by atoms with Gasteiger partial charge in [-0.15, -0.1) is 11.8 Å². The second kappa shape index (κ2) is 10.4. The highest BCUT2D eigenvalue weighted by Crippen LogP contribution is 2.33. The van der Waals surface area contributed by atoms with Crippen LogP contribution in [0.4, 0.5) is 11.4 Å². The number of benzene rings is 2. The molecule has 1 aliphatic heterocycles. The van der Waals surface area contributed by atoms with E-state index in [0.717, 1.165) is 39.8 Å². The summed E-state index contributed by atoms with van der Waals surface area (Å²) in [5, 5.41) is 4.53. The molecule has 0 aliphatic carbocycles. The average Bonchev–Trinajstić information content (AvgIpc) is 2.99. The first-order valence-corrected chi connectivity index (χ1v) is 11.3. The number of para-hydroxylation sites is 2. The lowest BCUT2D eigenvalue weighted by atomic mass is 10.1. The molecule has 0 bridgehead atoms. The molecule has 1 amide bonds. The van der Waals surface area contributed by atoms with Crippen molar-refractivity contribution in [3.05, 3.63) is 89.2 Å². The number of aliphatic imine (C=N–C) groups is 2. The van der Waals surface area contributed by atoms with Crippen molar-refractivity contribution in [3.8, 4) is 0 Å². The molecule has 0 saturated heterocycles. The summed E-state index contributed by atoms with van der Waals surface area (Å²) in [5.74, 6) is 0.285. The van der Waals surface area contributed by atoms with Gasteiger partial charge < -0.3 is 5.32 Å². The lowest BCUT2D eigenvalue weighted by Crippen LogP contribution is -2.27. The van der Waals surface area contributed by atoms with Gasteiger partial charge >= 0.3 is 0 Å². The van der Waals surface area contributed by atoms with E-state index < -0.39 is 0 Å². The van der Waals surface area contributed by atoms with Crippen molar-refractivity contribution in [3.63, 3.8) is 0 Å². The zero-order chi connectivity index (χ0) is 21.5. The highest BCUT2D eigenvalue weighted by atomic mass is 35.5. The summed E-state index contributed by atoms with van der Waals surface area (Å²) in [7, 11) is 0. The van der Waals surface area contributed by atoms with Gasteiger partial charge in [-0.05, 0) is 48.4 Å². The summed E-state index contributed by atoms with van der Waals surface area (Å²) in [4.78, 5) is 26.4. The number of carbonyl (C=O) groups excluding carboxylic acids is 1. The molecule has 0 saturated carbocycles. The lowest BCUT2D eigenvalue weighted by molar-refractivity contribution is -0.118. The highest BCUT2D eigenvalue weighted by molar-refractivity contribution is 8.14. The largest absolute Gasteiger partial charge is 0.355 e. The second-order valence-corrected chi connectivity index (χ2v) is 8.44. The number of nitrogens with one attached hydrogen (secondary N) is 1. The third-order valence-electron chi connectivity index (χ3n) is 4.68. The van der Waals surface area contributed by atoms with Gasteiger partial charge in [0, 0.05) is 24.2 Å². The molecule has 4 rings (SSSR count). The van der Waals surface area contributed by atoms with Crippen LogP contribution in [0.3, 0.4) is 0 Å². The smallest absolute Gasteiger partial charge is 0.230 e. The van der Waals surface area contributed by atoms with Gasteiger partial charge in [-0.3, -0.25) is 9.78 Å². The van der Waals surface area contributed by atoms with E-state index in [4.69, 9.17) is 21.6 Å². The van der Waals surface area contributed by atoms with Crippen LogP contribution in [0.1, 0.15) is 17.7 Å². The summed E-state index contributed by atoms with van der Waals surface area (Å²) in [6.45, 7) is 0.580. The Morgan fingerprint density at radius 2 is 1.71 bits per heavy atom. The van der Waals surface area contributed by atoms with Crippen LogP contribution in [0.5, 0.6) is 0 Å². The van der Waals surface area contributed by atoms with Gasteiger partial charge in [-0.2, -0.15) is 0 Å². The number of nitrogens with zero attached hydrogens (tertiary/aromatic N) is 3. The quantitative estimate of drug-likeness (QED) is 0.550. The van der Waals surface area contributed by atoms with Crippen LogP contribution in [-0.2, 0) is 11.2 Å². The maximum Gasteiger partial charge on any atom is 0.230 e. The normalized spacial score (nSPS) is 12.9. The highest BCUT2D eigenvalue weighted by Gasteiger charge is 2.17. The summed E-state index contributed by atoms with van der Waals surface area (Å²) in [6, 6.07) is 21.2. The molecular formula is C24H21ClN4OS. The first-order chi connectivity index (χ1) is 15.2. The molecule has 31 heavy (non-hydrogen) atoms. The number of hydrogen-bond donors (Lipinski definition) is 1.